The van der Waals surface area contributed by atoms with Gasteiger partial charge < -0.3 is 19.1 Å². The Morgan fingerprint density at radius 1 is 1.10 bits per heavy atom. The fraction of sp³-hybridized carbons (Fsp3) is 0.583. The van der Waals surface area contributed by atoms with Gasteiger partial charge >= 0.3 is 0 Å². The number of likely N-dealkylation sites (tertiary alicyclic amines) is 1. The number of ether oxygens (including phenoxy) is 3. The van der Waals surface area contributed by atoms with E-state index in [0.29, 0.717) is 18.6 Å². The van der Waals surface area contributed by atoms with Crippen LogP contribution in [0.2, 0.25) is 0 Å². The van der Waals surface area contributed by atoms with Crippen LogP contribution in [0.15, 0.2) is 30.2 Å². The molecule has 2 heterocycles. The van der Waals surface area contributed by atoms with E-state index in [2.05, 4.69) is 6.07 Å². The summed E-state index contributed by atoms with van der Waals surface area (Å²) < 4.78 is 17.6. The molecule has 0 radical (unpaired) electrons. The molecule has 1 aromatic carbocycles. The summed E-state index contributed by atoms with van der Waals surface area (Å²) in [7, 11) is 0. The smallest absolute Gasteiger partial charge is 0.248 e. The second-order valence-corrected chi connectivity index (χ2v) is 8.74. The number of carbonyl (C=O) groups excluding carboxylic acids is 2. The van der Waals surface area contributed by atoms with Gasteiger partial charge in [0.2, 0.25) is 17.4 Å². The van der Waals surface area contributed by atoms with Crippen molar-refractivity contribution in [2.75, 3.05) is 19.7 Å². The highest BCUT2D eigenvalue weighted by atomic mass is 16.5. The van der Waals surface area contributed by atoms with E-state index in [1.165, 1.54) is 12.7 Å². The van der Waals surface area contributed by atoms with Crippen molar-refractivity contribution in [3.05, 3.63) is 41.3 Å². The van der Waals surface area contributed by atoms with Crippen LogP contribution in [0.3, 0.4) is 0 Å². The lowest BCUT2D eigenvalue weighted by Gasteiger charge is -2.37. The molecule has 3 atom stereocenters. The van der Waals surface area contributed by atoms with Crippen molar-refractivity contribution < 1.29 is 23.8 Å². The molecule has 1 amide bonds. The number of hydrogen-bond donors (Lipinski definition) is 0. The quantitative estimate of drug-likeness (QED) is 0.737. The molecule has 1 aliphatic carbocycles. The first-order chi connectivity index (χ1) is 14.5. The van der Waals surface area contributed by atoms with E-state index in [1.54, 1.807) is 0 Å². The molecule has 4 rings (SSSR count). The number of rotatable bonds is 5. The lowest BCUT2D eigenvalue weighted by atomic mass is 9.80. The molecule has 30 heavy (non-hydrogen) atoms. The third-order valence-electron chi connectivity index (χ3n) is 6.25. The number of Topliss-reactive ketones (excluding diaryl/α,β-unsaturated/α-hetero) is 1. The molecule has 2 aliphatic heterocycles. The average molecular weight is 414 g/mol. The fourth-order valence-electron chi connectivity index (χ4n) is 4.70. The summed E-state index contributed by atoms with van der Waals surface area (Å²) >= 11 is 0. The summed E-state index contributed by atoms with van der Waals surface area (Å²) in [6.45, 7) is 5.79. The number of hydrogen-bond acceptors (Lipinski definition) is 5. The van der Waals surface area contributed by atoms with Crippen LogP contribution >= 0.6 is 0 Å². The van der Waals surface area contributed by atoms with Crippen LogP contribution in [-0.4, -0.2) is 48.5 Å². The first-order valence-corrected chi connectivity index (χ1v) is 11.0. The van der Waals surface area contributed by atoms with Crippen molar-refractivity contribution in [1.82, 2.24) is 4.90 Å². The number of piperidine rings is 1. The second kappa shape index (κ2) is 9.21. The van der Waals surface area contributed by atoms with E-state index in [1.807, 2.05) is 30.9 Å². The van der Waals surface area contributed by atoms with Crippen molar-refractivity contribution >= 4 is 11.7 Å². The van der Waals surface area contributed by atoms with Gasteiger partial charge in [-0.1, -0.05) is 6.07 Å². The normalized spacial score (nSPS) is 26.5. The number of carbonyl (C=O) groups is 2. The molecular weight excluding hydrogens is 382 g/mol. The Labute approximate surface area is 178 Å². The van der Waals surface area contributed by atoms with Crippen LogP contribution in [0.1, 0.15) is 49.7 Å². The zero-order chi connectivity index (χ0) is 21.1. The van der Waals surface area contributed by atoms with Crippen LogP contribution < -0.4 is 4.74 Å². The van der Waals surface area contributed by atoms with Crippen molar-refractivity contribution in [3.63, 3.8) is 0 Å². The van der Waals surface area contributed by atoms with Gasteiger partial charge in [0.25, 0.3) is 0 Å². The van der Waals surface area contributed by atoms with Gasteiger partial charge in [-0.25, -0.2) is 0 Å². The largest absolute Gasteiger partial charge is 0.493 e. The van der Waals surface area contributed by atoms with Crippen LogP contribution in [0.25, 0.3) is 0 Å². The molecule has 3 aliphatic rings. The number of fused-ring (bicyclic) bond motifs is 1. The molecule has 3 unspecified atom stereocenters. The summed E-state index contributed by atoms with van der Waals surface area (Å²) in [5.41, 5.74) is 2.17. The van der Waals surface area contributed by atoms with E-state index in [-0.39, 0.29) is 42.2 Å². The van der Waals surface area contributed by atoms with Crippen molar-refractivity contribution in [3.8, 4) is 5.75 Å². The predicted octanol–water partition coefficient (Wildman–Crippen LogP) is 3.69. The van der Waals surface area contributed by atoms with Gasteiger partial charge in [-0.2, -0.15) is 0 Å². The summed E-state index contributed by atoms with van der Waals surface area (Å²) in [6.07, 6.45) is 6.58. The molecule has 1 aromatic rings. The lowest BCUT2D eigenvalue weighted by Crippen LogP contribution is -2.44. The van der Waals surface area contributed by atoms with Gasteiger partial charge in [-0.05, 0) is 69.2 Å². The molecule has 1 saturated carbocycles. The maximum atomic E-state index is 12.9. The molecular formula is C24H31NO5. The Morgan fingerprint density at radius 3 is 2.57 bits per heavy atom. The van der Waals surface area contributed by atoms with E-state index in [0.717, 1.165) is 43.5 Å². The molecule has 162 valence electrons. The minimum Gasteiger partial charge on any atom is -0.493 e. The zero-order valence-electron chi connectivity index (χ0n) is 17.9. The van der Waals surface area contributed by atoms with Gasteiger partial charge in [0.05, 0.1) is 12.0 Å². The Kier molecular flexibility index (Phi) is 6.42. The van der Waals surface area contributed by atoms with E-state index in [9.17, 15) is 9.59 Å². The Balaban J connectivity index is 1.31. The lowest BCUT2D eigenvalue weighted by molar-refractivity contribution is -0.144. The number of allylic oxidation sites excluding steroid dienone is 1. The van der Waals surface area contributed by atoms with E-state index >= 15 is 0 Å². The molecule has 6 nitrogen and oxygen atoms in total. The first-order valence-electron chi connectivity index (χ1n) is 11.0. The van der Waals surface area contributed by atoms with Gasteiger partial charge in [-0.3, -0.25) is 9.59 Å². The first kappa shape index (κ1) is 20.9. The minimum atomic E-state index is -0.215. The molecule has 2 fully saturated rings. The molecule has 6 heteroatoms. The van der Waals surface area contributed by atoms with Gasteiger partial charge in [0, 0.05) is 19.5 Å². The molecule has 0 bridgehead atoms. The third kappa shape index (κ3) is 4.86. The Morgan fingerprint density at radius 2 is 1.83 bits per heavy atom. The number of amides is 1. The van der Waals surface area contributed by atoms with Crippen LogP contribution in [0.5, 0.6) is 5.75 Å². The monoisotopic (exact) mass is 413 g/mol. The fourth-order valence-corrected chi connectivity index (χ4v) is 4.70. The van der Waals surface area contributed by atoms with Gasteiger partial charge in [-0.15, -0.1) is 0 Å². The Hall–Kier alpha value is -2.34. The van der Waals surface area contributed by atoms with Crippen LogP contribution in [-0.2, 0) is 19.1 Å². The van der Waals surface area contributed by atoms with E-state index in [4.69, 9.17) is 14.2 Å². The molecule has 0 aromatic heterocycles. The number of nitrogens with zero attached hydrogens (tertiary/aromatic N) is 1. The highest BCUT2D eigenvalue weighted by Gasteiger charge is 2.41. The summed E-state index contributed by atoms with van der Waals surface area (Å²) in [4.78, 5) is 27.2. The summed E-state index contributed by atoms with van der Waals surface area (Å²) in [5.74, 6) is 0.770. The van der Waals surface area contributed by atoms with Crippen molar-refractivity contribution in [1.29, 1.82) is 0 Å². The zero-order valence-corrected chi connectivity index (χ0v) is 17.9. The summed E-state index contributed by atoms with van der Waals surface area (Å²) in [6, 6.07) is 5.89. The second-order valence-electron chi connectivity index (χ2n) is 8.74. The SMILES string of the molecule is Cc1cc(C)cc(OC2=COC3CC(OCC(=O)N4CCCCC4)CCC3C2=O)c1. The predicted molar refractivity (Wildman–Crippen MR) is 112 cm³/mol. The van der Waals surface area contributed by atoms with Crippen LogP contribution in [0.4, 0.5) is 0 Å². The number of benzene rings is 1. The standard InChI is InChI=1S/C24H31NO5/c1-16-10-17(2)12-19(11-16)30-22-14-29-21-13-18(6-7-20(21)24(22)27)28-15-23(26)25-8-4-3-5-9-25/h10-12,14,18,20-21H,3-9,13,15H2,1-2H3. The highest BCUT2D eigenvalue weighted by Crippen LogP contribution is 2.35. The third-order valence-corrected chi connectivity index (χ3v) is 6.25. The van der Waals surface area contributed by atoms with E-state index < -0.39 is 0 Å². The summed E-state index contributed by atoms with van der Waals surface area (Å²) in [5, 5.41) is 0. The van der Waals surface area contributed by atoms with Gasteiger partial charge in [0.1, 0.15) is 24.7 Å². The van der Waals surface area contributed by atoms with Gasteiger partial charge in [0.15, 0.2) is 0 Å². The maximum Gasteiger partial charge on any atom is 0.248 e. The minimum absolute atomic E-state index is 0.00625. The molecule has 0 spiro atoms. The Bertz CT molecular complexity index is 807. The number of aryl methyl sites for hydroxylation is 2. The molecule has 1 saturated heterocycles. The topological polar surface area (TPSA) is 65.1 Å². The van der Waals surface area contributed by atoms with Crippen molar-refractivity contribution in [2.45, 2.75) is 64.6 Å². The van der Waals surface area contributed by atoms with Crippen molar-refractivity contribution in [2.24, 2.45) is 5.92 Å². The van der Waals surface area contributed by atoms with Crippen LogP contribution in [0, 0.1) is 19.8 Å². The molecule has 0 N–H and O–H groups in total. The number of ketones is 1. The maximum absolute atomic E-state index is 12.9. The highest BCUT2D eigenvalue weighted by molar-refractivity contribution is 5.96. The average Bonchev–Trinajstić information content (AvgIpc) is 2.74.